The Balaban J connectivity index is 1.24. The van der Waals surface area contributed by atoms with E-state index in [1.165, 1.54) is 6.33 Å². The van der Waals surface area contributed by atoms with Gasteiger partial charge in [-0.2, -0.15) is 10.1 Å². The second-order valence-electron chi connectivity index (χ2n) is 6.94. The average molecular weight is 398 g/mol. The van der Waals surface area contributed by atoms with Crippen LogP contribution in [0.2, 0.25) is 0 Å². The Morgan fingerprint density at radius 2 is 2.00 bits per heavy atom. The third-order valence-electron chi connectivity index (χ3n) is 4.89. The Kier molecular flexibility index (Phi) is 4.65. The molecule has 3 heterocycles. The van der Waals surface area contributed by atoms with Gasteiger partial charge in [0, 0.05) is 30.1 Å². The molecule has 0 atom stereocenters. The number of rotatable bonds is 6. The zero-order valence-corrected chi connectivity index (χ0v) is 16.0. The highest BCUT2D eigenvalue weighted by Gasteiger charge is 2.13. The molecule has 0 saturated carbocycles. The number of hydrogen-bond acceptors (Lipinski definition) is 6. The van der Waals surface area contributed by atoms with Crippen molar-refractivity contribution in [2.45, 2.75) is 12.8 Å². The van der Waals surface area contributed by atoms with Crippen molar-refractivity contribution in [2.24, 2.45) is 0 Å². The lowest BCUT2D eigenvalue weighted by Gasteiger charge is -2.06. The molecular weight excluding hydrogens is 380 g/mol. The molecule has 0 spiro atoms. The highest BCUT2D eigenvalue weighted by molar-refractivity contribution is 6.00. The van der Waals surface area contributed by atoms with Crippen molar-refractivity contribution in [2.75, 3.05) is 6.54 Å². The summed E-state index contributed by atoms with van der Waals surface area (Å²) < 4.78 is 7.15. The fourth-order valence-electron chi connectivity index (χ4n) is 3.36. The van der Waals surface area contributed by atoms with Gasteiger partial charge in [-0.05, 0) is 36.6 Å². The van der Waals surface area contributed by atoms with Crippen LogP contribution >= 0.6 is 0 Å². The van der Waals surface area contributed by atoms with Crippen molar-refractivity contribution >= 4 is 22.6 Å². The Bertz CT molecular complexity index is 1330. The standard InChI is InChI=1S/C22H18N6O2/c29-21(23-10-4-5-15-12-24-22-25-14-26-28(22)13-15)17-8-9-19-18(11-17)20(30-27-19)16-6-2-1-3-7-16/h1-3,6-9,11-14H,4-5,10H2,(H,23,29). The van der Waals surface area contributed by atoms with E-state index >= 15 is 0 Å². The molecule has 30 heavy (non-hydrogen) atoms. The van der Waals surface area contributed by atoms with Crippen LogP contribution in [0.15, 0.2) is 71.8 Å². The number of fused-ring (bicyclic) bond motifs is 2. The normalized spacial score (nSPS) is 11.2. The van der Waals surface area contributed by atoms with Crippen molar-refractivity contribution in [3.63, 3.8) is 0 Å². The highest BCUT2D eigenvalue weighted by Crippen LogP contribution is 2.29. The largest absolute Gasteiger partial charge is 0.355 e. The quantitative estimate of drug-likeness (QED) is 0.441. The van der Waals surface area contributed by atoms with E-state index in [0.29, 0.717) is 23.6 Å². The third kappa shape index (κ3) is 3.50. The number of nitrogens with one attached hydrogen (secondary N) is 1. The van der Waals surface area contributed by atoms with Crippen LogP contribution in [0.25, 0.3) is 28.0 Å². The van der Waals surface area contributed by atoms with Gasteiger partial charge in [-0.3, -0.25) is 4.79 Å². The number of nitrogens with zero attached hydrogens (tertiary/aromatic N) is 5. The van der Waals surface area contributed by atoms with Gasteiger partial charge >= 0.3 is 0 Å². The predicted octanol–water partition coefficient (Wildman–Crippen LogP) is 3.30. The molecule has 0 aliphatic carbocycles. The van der Waals surface area contributed by atoms with E-state index in [-0.39, 0.29) is 5.91 Å². The number of aromatic nitrogens is 5. The molecule has 5 rings (SSSR count). The maximum Gasteiger partial charge on any atom is 0.252 e. The second kappa shape index (κ2) is 7.75. The first-order valence-electron chi connectivity index (χ1n) is 9.65. The molecule has 0 aliphatic rings. The lowest BCUT2D eigenvalue weighted by atomic mass is 10.1. The number of carbonyl (C=O) groups is 1. The first kappa shape index (κ1) is 18.0. The van der Waals surface area contributed by atoms with Crippen molar-refractivity contribution in [1.82, 2.24) is 30.1 Å². The van der Waals surface area contributed by atoms with Crippen LogP contribution in [-0.2, 0) is 6.42 Å². The average Bonchev–Trinajstić information content (AvgIpc) is 3.43. The van der Waals surface area contributed by atoms with Crippen LogP contribution in [0.4, 0.5) is 0 Å². The summed E-state index contributed by atoms with van der Waals surface area (Å²) in [5, 5.41) is 12.0. The molecule has 1 N–H and O–H groups in total. The summed E-state index contributed by atoms with van der Waals surface area (Å²) in [5.41, 5.74) is 3.27. The highest BCUT2D eigenvalue weighted by atomic mass is 16.5. The van der Waals surface area contributed by atoms with Gasteiger partial charge in [0.1, 0.15) is 11.8 Å². The smallest absolute Gasteiger partial charge is 0.252 e. The summed E-state index contributed by atoms with van der Waals surface area (Å²) in [6.07, 6.45) is 6.74. The number of amides is 1. The first-order valence-corrected chi connectivity index (χ1v) is 9.65. The molecule has 3 aromatic heterocycles. The molecule has 0 radical (unpaired) electrons. The van der Waals surface area contributed by atoms with E-state index in [1.807, 2.05) is 42.6 Å². The van der Waals surface area contributed by atoms with Gasteiger partial charge in [0.15, 0.2) is 5.76 Å². The Labute approximate surface area is 171 Å². The number of carbonyl (C=O) groups excluding carboxylic acids is 1. The molecule has 2 aromatic carbocycles. The fourth-order valence-corrected chi connectivity index (χ4v) is 3.36. The van der Waals surface area contributed by atoms with Crippen LogP contribution in [0, 0.1) is 0 Å². The van der Waals surface area contributed by atoms with Crippen molar-refractivity contribution < 1.29 is 9.32 Å². The third-order valence-corrected chi connectivity index (χ3v) is 4.89. The molecule has 8 heteroatoms. The Hall–Kier alpha value is -4.07. The SMILES string of the molecule is O=C(NCCCc1cnc2ncnn2c1)c1ccc2noc(-c3ccccc3)c2c1. The molecule has 0 saturated heterocycles. The lowest BCUT2D eigenvalue weighted by Crippen LogP contribution is -2.24. The van der Waals surface area contributed by atoms with Crippen molar-refractivity contribution in [3.05, 3.63) is 78.4 Å². The van der Waals surface area contributed by atoms with Crippen LogP contribution in [0.3, 0.4) is 0 Å². The summed E-state index contributed by atoms with van der Waals surface area (Å²) >= 11 is 0. The molecule has 0 bridgehead atoms. The zero-order chi connectivity index (χ0) is 20.3. The van der Waals surface area contributed by atoms with E-state index in [9.17, 15) is 4.79 Å². The molecule has 148 valence electrons. The minimum atomic E-state index is -0.123. The number of benzene rings is 2. The maximum atomic E-state index is 12.6. The van der Waals surface area contributed by atoms with Gasteiger partial charge in [-0.15, -0.1) is 0 Å². The lowest BCUT2D eigenvalue weighted by molar-refractivity contribution is 0.0953. The van der Waals surface area contributed by atoms with Gasteiger partial charge in [0.25, 0.3) is 11.7 Å². The van der Waals surface area contributed by atoms with E-state index < -0.39 is 0 Å². The monoisotopic (exact) mass is 398 g/mol. The van der Waals surface area contributed by atoms with Crippen LogP contribution < -0.4 is 5.32 Å². The van der Waals surface area contributed by atoms with E-state index in [1.54, 1.807) is 22.8 Å². The van der Waals surface area contributed by atoms with Gasteiger partial charge in [-0.25, -0.2) is 9.50 Å². The molecular formula is C22H18N6O2. The molecule has 0 aliphatic heterocycles. The topological polar surface area (TPSA) is 98.2 Å². The predicted molar refractivity (Wildman–Crippen MR) is 111 cm³/mol. The minimum Gasteiger partial charge on any atom is -0.355 e. The summed E-state index contributed by atoms with van der Waals surface area (Å²) in [6.45, 7) is 0.557. The van der Waals surface area contributed by atoms with Gasteiger partial charge in [-0.1, -0.05) is 35.5 Å². The summed E-state index contributed by atoms with van der Waals surface area (Å²) in [6, 6.07) is 15.1. The van der Waals surface area contributed by atoms with E-state index in [4.69, 9.17) is 4.52 Å². The van der Waals surface area contributed by atoms with Crippen LogP contribution in [0.1, 0.15) is 22.3 Å². The van der Waals surface area contributed by atoms with Gasteiger partial charge < -0.3 is 9.84 Å². The number of aryl methyl sites for hydroxylation is 1. The molecule has 8 nitrogen and oxygen atoms in total. The summed E-state index contributed by atoms with van der Waals surface area (Å²) in [7, 11) is 0. The summed E-state index contributed by atoms with van der Waals surface area (Å²) in [4.78, 5) is 20.9. The Morgan fingerprint density at radius 1 is 1.10 bits per heavy atom. The minimum absolute atomic E-state index is 0.123. The molecule has 0 fully saturated rings. The Morgan fingerprint density at radius 3 is 2.90 bits per heavy atom. The van der Waals surface area contributed by atoms with Crippen molar-refractivity contribution in [3.8, 4) is 11.3 Å². The summed E-state index contributed by atoms with van der Waals surface area (Å²) in [5.74, 6) is 1.12. The number of hydrogen-bond donors (Lipinski definition) is 1. The van der Waals surface area contributed by atoms with Gasteiger partial charge in [0.05, 0.1) is 5.39 Å². The zero-order valence-electron chi connectivity index (χ0n) is 16.0. The van der Waals surface area contributed by atoms with E-state index in [2.05, 4.69) is 25.5 Å². The molecule has 0 unspecified atom stereocenters. The maximum absolute atomic E-state index is 12.6. The van der Waals surface area contributed by atoms with Crippen LogP contribution in [0.5, 0.6) is 0 Å². The fraction of sp³-hybridized carbons (Fsp3) is 0.136. The van der Waals surface area contributed by atoms with Crippen molar-refractivity contribution in [1.29, 1.82) is 0 Å². The second-order valence-corrected chi connectivity index (χ2v) is 6.94. The first-order chi connectivity index (χ1) is 14.8. The molecule has 5 aromatic rings. The molecule has 1 amide bonds. The van der Waals surface area contributed by atoms with E-state index in [0.717, 1.165) is 34.9 Å². The van der Waals surface area contributed by atoms with Gasteiger partial charge in [0.2, 0.25) is 0 Å². The van der Waals surface area contributed by atoms with Crippen LogP contribution in [-0.4, -0.2) is 37.2 Å².